The van der Waals surface area contributed by atoms with Crippen LogP contribution in [-0.4, -0.2) is 23.5 Å². The molecule has 9 heteroatoms. The van der Waals surface area contributed by atoms with Crippen LogP contribution in [0.15, 0.2) is 41.5 Å². The summed E-state index contributed by atoms with van der Waals surface area (Å²) in [5.74, 6) is -2.29. The lowest BCUT2D eigenvalue weighted by Gasteiger charge is -2.33. The number of pyridine rings is 1. The van der Waals surface area contributed by atoms with Gasteiger partial charge in [0.1, 0.15) is 17.7 Å². The number of aromatic nitrogens is 1. The van der Waals surface area contributed by atoms with Crippen LogP contribution in [0.1, 0.15) is 23.2 Å². The minimum absolute atomic E-state index is 0.00874. The van der Waals surface area contributed by atoms with Crippen LogP contribution in [0.25, 0.3) is 11.9 Å². The second kappa shape index (κ2) is 6.77. The Labute approximate surface area is 162 Å². The third-order valence-electron chi connectivity index (χ3n) is 4.88. The number of nitrogens with zero attached hydrogens (tertiary/aromatic N) is 2. The first-order valence-electron chi connectivity index (χ1n) is 8.40. The summed E-state index contributed by atoms with van der Waals surface area (Å²) in [4.78, 5) is 7.65. The molecule has 1 fully saturated rings. The number of ether oxygens (including phenoxy) is 1. The highest BCUT2D eigenvalue weighted by atomic mass is 35.5. The lowest BCUT2D eigenvalue weighted by atomic mass is 9.84. The molecule has 0 unspecified atom stereocenters. The van der Waals surface area contributed by atoms with E-state index >= 15 is 0 Å². The molecule has 1 aliphatic carbocycles. The molecule has 3 atom stereocenters. The molecular formula is C19H14ClF4N3O. The van der Waals surface area contributed by atoms with Crippen LogP contribution < -0.4 is 5.73 Å². The number of hydrogen-bond acceptors (Lipinski definition) is 4. The Balaban J connectivity index is 1.78. The summed E-state index contributed by atoms with van der Waals surface area (Å²) in [6.45, 7) is 0. The third kappa shape index (κ3) is 3.11. The number of alkyl halides is 2. The van der Waals surface area contributed by atoms with Crippen LogP contribution >= 0.6 is 11.6 Å². The molecule has 1 aliphatic heterocycles. The predicted octanol–water partition coefficient (Wildman–Crippen LogP) is 4.54. The van der Waals surface area contributed by atoms with Crippen molar-refractivity contribution in [3.8, 4) is 0 Å². The van der Waals surface area contributed by atoms with E-state index < -0.39 is 41.7 Å². The fourth-order valence-electron chi connectivity index (χ4n) is 3.48. The number of nitrogens with two attached hydrogens (primary N) is 1. The van der Waals surface area contributed by atoms with E-state index in [2.05, 4.69) is 9.98 Å². The van der Waals surface area contributed by atoms with Crippen molar-refractivity contribution in [2.75, 3.05) is 0 Å². The van der Waals surface area contributed by atoms with Crippen LogP contribution in [0.3, 0.4) is 0 Å². The van der Waals surface area contributed by atoms with E-state index in [1.807, 2.05) is 0 Å². The first-order chi connectivity index (χ1) is 13.3. The minimum atomic E-state index is -3.01. The molecule has 2 heterocycles. The third-order valence-corrected chi connectivity index (χ3v) is 5.11. The second-order valence-corrected chi connectivity index (χ2v) is 7.10. The number of halogens is 5. The Kier molecular flexibility index (Phi) is 4.53. The molecule has 146 valence electrons. The number of rotatable bonds is 4. The van der Waals surface area contributed by atoms with Gasteiger partial charge in [-0.15, -0.1) is 0 Å². The Morgan fingerprint density at radius 2 is 2.11 bits per heavy atom. The second-order valence-electron chi connectivity index (χ2n) is 6.67. The first-order valence-corrected chi connectivity index (χ1v) is 8.78. The zero-order valence-electron chi connectivity index (χ0n) is 14.3. The van der Waals surface area contributed by atoms with E-state index in [0.717, 1.165) is 18.2 Å². The molecule has 0 bridgehead atoms. The summed E-state index contributed by atoms with van der Waals surface area (Å²) in [6, 6.07) is 5.88. The van der Waals surface area contributed by atoms with E-state index in [-0.39, 0.29) is 23.2 Å². The molecule has 4 rings (SSSR count). The minimum Gasteiger partial charge on any atom is -0.462 e. The standard InChI is InChI=1S/C19H14ClF4N3O/c20-10-2-4-15(26-8-10)14(22)6-9-1-3-13(21)11(5-9)19(17(23)24)12-7-16(12)28-18(25)27-19/h1-6,8,12,16-17H,7H2,(H2,25,27)/b14-6-/t12-,16+,19-/m0/s1. The summed E-state index contributed by atoms with van der Waals surface area (Å²) >= 11 is 5.73. The van der Waals surface area contributed by atoms with Gasteiger partial charge in [0.05, 0.1) is 10.7 Å². The molecule has 0 radical (unpaired) electrons. The molecular weight excluding hydrogens is 398 g/mol. The van der Waals surface area contributed by atoms with Gasteiger partial charge >= 0.3 is 0 Å². The van der Waals surface area contributed by atoms with Gasteiger partial charge in [-0.05, 0) is 42.3 Å². The Morgan fingerprint density at radius 3 is 2.79 bits per heavy atom. The zero-order chi connectivity index (χ0) is 20.1. The van der Waals surface area contributed by atoms with Crippen LogP contribution in [0.2, 0.25) is 5.02 Å². The van der Waals surface area contributed by atoms with Gasteiger partial charge in [0.15, 0.2) is 5.54 Å². The smallest absolute Gasteiger partial charge is 0.283 e. The van der Waals surface area contributed by atoms with Gasteiger partial charge < -0.3 is 10.5 Å². The van der Waals surface area contributed by atoms with E-state index in [1.54, 1.807) is 0 Å². The highest BCUT2D eigenvalue weighted by molar-refractivity contribution is 6.30. The lowest BCUT2D eigenvalue weighted by Crippen LogP contribution is -2.43. The zero-order valence-corrected chi connectivity index (χ0v) is 15.0. The van der Waals surface area contributed by atoms with Gasteiger partial charge in [-0.2, -0.15) is 0 Å². The molecule has 1 saturated carbocycles. The lowest BCUT2D eigenvalue weighted by molar-refractivity contribution is 0.0176. The maximum atomic E-state index is 14.6. The topological polar surface area (TPSA) is 60.5 Å². The number of fused-ring (bicyclic) bond motifs is 1. The maximum Gasteiger partial charge on any atom is 0.283 e. The van der Waals surface area contributed by atoms with Crippen molar-refractivity contribution >= 4 is 29.5 Å². The molecule has 0 saturated heterocycles. The summed E-state index contributed by atoms with van der Waals surface area (Å²) < 4.78 is 62.4. The molecule has 28 heavy (non-hydrogen) atoms. The Hall–Kier alpha value is -2.61. The van der Waals surface area contributed by atoms with Crippen molar-refractivity contribution in [2.24, 2.45) is 16.6 Å². The molecule has 2 N–H and O–H groups in total. The average Bonchev–Trinajstić information content (AvgIpc) is 3.42. The highest BCUT2D eigenvalue weighted by Crippen LogP contribution is 2.56. The molecule has 0 amide bonds. The summed E-state index contributed by atoms with van der Waals surface area (Å²) in [5.41, 5.74) is 3.24. The average molecular weight is 412 g/mol. The van der Waals surface area contributed by atoms with Crippen LogP contribution in [0.4, 0.5) is 17.6 Å². The monoisotopic (exact) mass is 411 g/mol. The van der Waals surface area contributed by atoms with Gasteiger partial charge in [-0.3, -0.25) is 4.98 Å². The summed E-state index contributed by atoms with van der Waals surface area (Å²) in [5, 5.41) is 0.341. The number of aliphatic imine (C=N–C) groups is 1. The van der Waals surface area contributed by atoms with Gasteiger partial charge in [0.2, 0.25) is 0 Å². The van der Waals surface area contributed by atoms with Crippen LogP contribution in [-0.2, 0) is 10.3 Å². The molecule has 2 aliphatic rings. The normalized spacial score (nSPS) is 26.5. The van der Waals surface area contributed by atoms with Crippen LogP contribution in [0, 0.1) is 11.7 Å². The quantitative estimate of drug-likeness (QED) is 0.752. The maximum absolute atomic E-state index is 14.6. The van der Waals surface area contributed by atoms with Crippen molar-refractivity contribution in [2.45, 2.75) is 24.5 Å². The fourth-order valence-corrected chi connectivity index (χ4v) is 3.59. The highest BCUT2D eigenvalue weighted by Gasteiger charge is 2.64. The first kappa shape index (κ1) is 18.7. The largest absolute Gasteiger partial charge is 0.462 e. The molecule has 2 aromatic rings. The van der Waals surface area contributed by atoms with Crippen molar-refractivity contribution in [3.63, 3.8) is 0 Å². The van der Waals surface area contributed by atoms with Crippen molar-refractivity contribution in [3.05, 3.63) is 64.2 Å². The Morgan fingerprint density at radius 1 is 1.32 bits per heavy atom. The molecule has 4 nitrogen and oxygen atoms in total. The number of hydrogen-bond donors (Lipinski definition) is 1. The SMILES string of the molecule is NC1=N[C@](c2cc(/C=C(\F)c3ccc(Cl)cn3)ccc2F)(C(F)F)[C@H]2C[C@H]2O1. The summed E-state index contributed by atoms with van der Waals surface area (Å²) in [7, 11) is 0. The van der Waals surface area contributed by atoms with E-state index in [4.69, 9.17) is 22.1 Å². The molecule has 1 aromatic carbocycles. The van der Waals surface area contributed by atoms with Crippen LogP contribution in [0.5, 0.6) is 0 Å². The number of amidine groups is 1. The Bertz CT molecular complexity index is 980. The van der Waals surface area contributed by atoms with Gasteiger partial charge in [0, 0.05) is 17.7 Å². The van der Waals surface area contributed by atoms with Gasteiger partial charge in [-0.25, -0.2) is 22.6 Å². The van der Waals surface area contributed by atoms with Gasteiger partial charge in [0.25, 0.3) is 12.4 Å². The molecule has 0 spiro atoms. The van der Waals surface area contributed by atoms with E-state index in [9.17, 15) is 17.6 Å². The van der Waals surface area contributed by atoms with E-state index in [0.29, 0.717) is 5.02 Å². The predicted molar refractivity (Wildman–Crippen MR) is 96.9 cm³/mol. The fraction of sp³-hybridized carbons (Fsp3) is 0.263. The van der Waals surface area contributed by atoms with Crippen molar-refractivity contribution in [1.82, 2.24) is 4.98 Å². The van der Waals surface area contributed by atoms with Gasteiger partial charge in [-0.1, -0.05) is 17.7 Å². The van der Waals surface area contributed by atoms with Crippen molar-refractivity contribution in [1.29, 1.82) is 0 Å². The molecule has 1 aromatic heterocycles. The summed E-state index contributed by atoms with van der Waals surface area (Å²) in [6.07, 6.45) is -0.896. The van der Waals surface area contributed by atoms with Crippen molar-refractivity contribution < 1.29 is 22.3 Å². The number of benzene rings is 1. The van der Waals surface area contributed by atoms with E-state index in [1.165, 1.54) is 24.4 Å².